The Balaban J connectivity index is 2.41. The van der Waals surface area contributed by atoms with Crippen molar-refractivity contribution in [2.75, 3.05) is 13.2 Å². The molecule has 0 aromatic carbocycles. The third kappa shape index (κ3) is 3.28. The van der Waals surface area contributed by atoms with Gasteiger partial charge < -0.3 is 9.29 Å². The second-order valence-corrected chi connectivity index (χ2v) is 5.27. The minimum Gasteiger partial charge on any atom is -0.760 e. The lowest BCUT2D eigenvalue weighted by Crippen LogP contribution is -2.26. The van der Waals surface area contributed by atoms with Crippen LogP contribution in [0, 0.1) is 6.92 Å². The van der Waals surface area contributed by atoms with Gasteiger partial charge in [-0.15, -0.1) is 9.73 Å². The second-order valence-electron chi connectivity index (χ2n) is 4.51. The van der Waals surface area contributed by atoms with Crippen LogP contribution in [-0.4, -0.2) is 47.4 Å². The SMILES string of the molecule is CCOC(=O)n1c(C(C)CNS(=O)[O-])nn2nc(C)cc12. The van der Waals surface area contributed by atoms with Crippen LogP contribution in [0.1, 0.15) is 31.3 Å². The maximum absolute atomic E-state index is 12.1. The minimum absolute atomic E-state index is 0.120. The molecular formula is C11H16N5O4S-. The predicted octanol–water partition coefficient (Wildman–Crippen LogP) is 0.331. The van der Waals surface area contributed by atoms with Crippen molar-refractivity contribution in [1.82, 2.24) is 24.1 Å². The highest BCUT2D eigenvalue weighted by Gasteiger charge is 2.23. The highest BCUT2D eigenvalue weighted by Crippen LogP contribution is 2.18. The van der Waals surface area contributed by atoms with Gasteiger partial charge in [0.25, 0.3) is 0 Å². The van der Waals surface area contributed by atoms with E-state index in [1.807, 2.05) is 0 Å². The van der Waals surface area contributed by atoms with E-state index in [9.17, 15) is 13.6 Å². The lowest BCUT2D eigenvalue weighted by atomic mass is 10.2. The second kappa shape index (κ2) is 6.33. The van der Waals surface area contributed by atoms with Crippen LogP contribution in [0.3, 0.4) is 0 Å². The summed E-state index contributed by atoms with van der Waals surface area (Å²) in [4.78, 5) is 12.1. The number of carbonyl (C=O) groups is 1. The first-order chi connectivity index (χ1) is 9.93. The lowest BCUT2D eigenvalue weighted by Gasteiger charge is -2.14. The molecule has 9 nitrogen and oxygen atoms in total. The molecule has 0 bridgehead atoms. The quantitative estimate of drug-likeness (QED) is 0.796. The summed E-state index contributed by atoms with van der Waals surface area (Å²) in [5.74, 6) is 0.0585. The molecule has 21 heavy (non-hydrogen) atoms. The molecule has 0 aliphatic heterocycles. The molecule has 2 atom stereocenters. The van der Waals surface area contributed by atoms with Gasteiger partial charge in [0.15, 0.2) is 5.65 Å². The van der Waals surface area contributed by atoms with Gasteiger partial charge in [-0.3, -0.25) is 4.21 Å². The van der Waals surface area contributed by atoms with E-state index >= 15 is 0 Å². The summed E-state index contributed by atoms with van der Waals surface area (Å²) in [6.45, 7) is 5.60. The monoisotopic (exact) mass is 314 g/mol. The zero-order valence-electron chi connectivity index (χ0n) is 11.9. The van der Waals surface area contributed by atoms with Crippen LogP contribution in [-0.2, 0) is 16.0 Å². The molecule has 116 valence electrons. The molecule has 1 N–H and O–H groups in total. The number of hydrogen-bond donors (Lipinski definition) is 1. The molecule has 2 heterocycles. The maximum Gasteiger partial charge on any atom is 0.421 e. The molecule has 0 aliphatic rings. The third-order valence-corrected chi connectivity index (χ3v) is 3.25. The van der Waals surface area contributed by atoms with Crippen LogP contribution in [0.2, 0.25) is 0 Å². The Kier molecular flexibility index (Phi) is 4.70. The third-order valence-electron chi connectivity index (χ3n) is 2.85. The summed E-state index contributed by atoms with van der Waals surface area (Å²) in [7, 11) is 0. The van der Waals surface area contributed by atoms with Crippen LogP contribution in [0.15, 0.2) is 6.07 Å². The van der Waals surface area contributed by atoms with E-state index in [1.165, 1.54) is 9.20 Å². The van der Waals surface area contributed by atoms with E-state index in [1.54, 1.807) is 26.8 Å². The number of ether oxygens (including phenoxy) is 1. The molecule has 10 heteroatoms. The van der Waals surface area contributed by atoms with Crippen molar-refractivity contribution in [2.24, 2.45) is 0 Å². The Morgan fingerprint density at radius 1 is 1.57 bits per heavy atom. The van der Waals surface area contributed by atoms with E-state index in [-0.39, 0.29) is 19.1 Å². The fourth-order valence-corrected chi connectivity index (χ4v) is 2.33. The van der Waals surface area contributed by atoms with Crippen molar-refractivity contribution >= 4 is 23.0 Å². The Hall–Kier alpha value is -1.78. The van der Waals surface area contributed by atoms with Crippen molar-refractivity contribution in [1.29, 1.82) is 0 Å². The average Bonchev–Trinajstić information content (AvgIpc) is 2.91. The maximum atomic E-state index is 12.1. The standard InChI is InChI=1S/C11H17N5O4S/c1-4-20-11(17)15-9-5-8(3)13-16(9)14-10(15)7(2)6-12-21(18)19/h5,7,12H,4,6H2,1-3H3,(H,18,19)/p-1. The largest absolute Gasteiger partial charge is 0.760 e. The molecular weight excluding hydrogens is 298 g/mol. The smallest absolute Gasteiger partial charge is 0.421 e. The first-order valence-electron chi connectivity index (χ1n) is 6.39. The van der Waals surface area contributed by atoms with E-state index in [2.05, 4.69) is 14.9 Å². The summed E-state index contributed by atoms with van der Waals surface area (Å²) in [5.41, 5.74) is 1.20. The van der Waals surface area contributed by atoms with Gasteiger partial charge in [-0.2, -0.15) is 5.10 Å². The number of carbonyl (C=O) groups excluding carboxylic acids is 1. The molecule has 0 saturated heterocycles. The Labute approximate surface area is 123 Å². The normalized spacial score (nSPS) is 14.3. The van der Waals surface area contributed by atoms with Crippen LogP contribution >= 0.6 is 0 Å². The molecule has 0 aliphatic carbocycles. The van der Waals surface area contributed by atoms with Gasteiger partial charge in [0.05, 0.1) is 12.3 Å². The minimum atomic E-state index is -2.37. The van der Waals surface area contributed by atoms with Gasteiger partial charge in [-0.25, -0.2) is 14.1 Å². The molecule has 2 unspecified atom stereocenters. The molecule has 0 amide bonds. The first-order valence-corrected chi connectivity index (χ1v) is 7.46. The topological polar surface area (TPSA) is 114 Å². The van der Waals surface area contributed by atoms with Crippen LogP contribution in [0.25, 0.3) is 5.65 Å². The van der Waals surface area contributed by atoms with Crippen LogP contribution in [0.4, 0.5) is 4.79 Å². The van der Waals surface area contributed by atoms with Crippen molar-refractivity contribution in [3.63, 3.8) is 0 Å². The summed E-state index contributed by atoms with van der Waals surface area (Å²) in [6, 6.07) is 1.71. The number of hydrogen-bond acceptors (Lipinski definition) is 6. The van der Waals surface area contributed by atoms with E-state index < -0.39 is 17.4 Å². The van der Waals surface area contributed by atoms with E-state index in [4.69, 9.17) is 4.74 Å². The van der Waals surface area contributed by atoms with Crippen molar-refractivity contribution < 1.29 is 18.3 Å². The molecule has 2 rings (SSSR count). The molecule has 0 radical (unpaired) electrons. The van der Waals surface area contributed by atoms with Crippen molar-refractivity contribution in [3.05, 3.63) is 17.6 Å². The van der Waals surface area contributed by atoms with Crippen LogP contribution in [0.5, 0.6) is 0 Å². The lowest BCUT2D eigenvalue weighted by molar-refractivity contribution is 0.154. The number of nitrogens with zero attached hydrogens (tertiary/aromatic N) is 4. The zero-order chi connectivity index (χ0) is 15.6. The highest BCUT2D eigenvalue weighted by atomic mass is 32.2. The molecule has 2 aromatic heterocycles. The van der Waals surface area contributed by atoms with Gasteiger partial charge in [-0.1, -0.05) is 6.92 Å². The number of fused-ring (bicyclic) bond motifs is 1. The first kappa shape index (κ1) is 15.6. The summed E-state index contributed by atoms with van der Waals surface area (Å²) in [6.07, 6.45) is -0.565. The van der Waals surface area contributed by atoms with Crippen molar-refractivity contribution in [2.45, 2.75) is 26.7 Å². The van der Waals surface area contributed by atoms with Gasteiger partial charge in [0.2, 0.25) is 0 Å². The number of aryl methyl sites for hydroxylation is 1. The highest BCUT2D eigenvalue weighted by molar-refractivity contribution is 7.77. The van der Waals surface area contributed by atoms with Crippen LogP contribution < -0.4 is 4.72 Å². The summed E-state index contributed by atoms with van der Waals surface area (Å²) < 4.78 is 31.1. The van der Waals surface area contributed by atoms with E-state index in [0.29, 0.717) is 17.2 Å². The van der Waals surface area contributed by atoms with Gasteiger partial charge in [0, 0.05) is 29.8 Å². The fraction of sp³-hybridized carbons (Fsp3) is 0.545. The molecule has 0 saturated carbocycles. The van der Waals surface area contributed by atoms with Crippen molar-refractivity contribution in [3.8, 4) is 0 Å². The molecule has 2 aromatic rings. The summed E-state index contributed by atoms with van der Waals surface area (Å²) in [5, 5.41) is 8.39. The van der Waals surface area contributed by atoms with Gasteiger partial charge in [0.1, 0.15) is 5.82 Å². The summed E-state index contributed by atoms with van der Waals surface area (Å²) >= 11 is -2.37. The van der Waals surface area contributed by atoms with Gasteiger partial charge >= 0.3 is 6.09 Å². The average molecular weight is 314 g/mol. The van der Waals surface area contributed by atoms with Gasteiger partial charge in [-0.05, 0) is 13.8 Å². The zero-order valence-corrected chi connectivity index (χ0v) is 12.7. The Morgan fingerprint density at radius 2 is 2.29 bits per heavy atom. The number of aromatic nitrogens is 4. The Morgan fingerprint density at radius 3 is 2.90 bits per heavy atom. The molecule has 0 spiro atoms. The van der Waals surface area contributed by atoms with E-state index in [0.717, 1.165) is 0 Å². The molecule has 0 fully saturated rings. The fourth-order valence-electron chi connectivity index (χ4n) is 1.94. The predicted molar refractivity (Wildman–Crippen MR) is 73.5 cm³/mol. The number of rotatable bonds is 5. The number of nitrogens with one attached hydrogen (secondary N) is 1. The Bertz CT molecular complexity index is 680.